The predicted molar refractivity (Wildman–Crippen MR) is 139 cm³/mol. The van der Waals surface area contributed by atoms with E-state index in [1.165, 1.54) is 16.2 Å². The van der Waals surface area contributed by atoms with Gasteiger partial charge in [-0.3, -0.25) is 9.52 Å². The van der Waals surface area contributed by atoms with Crippen LogP contribution in [-0.2, 0) is 17.8 Å². The van der Waals surface area contributed by atoms with E-state index in [2.05, 4.69) is 19.7 Å². The lowest BCUT2D eigenvalue weighted by molar-refractivity contribution is -0.120. The van der Waals surface area contributed by atoms with Crippen molar-refractivity contribution in [1.29, 1.82) is 0 Å². The highest BCUT2D eigenvalue weighted by Crippen LogP contribution is 2.24. The number of halogens is 2. The van der Waals surface area contributed by atoms with Gasteiger partial charge >= 0.3 is 6.03 Å². The zero-order valence-corrected chi connectivity index (χ0v) is 20.8. The lowest BCUT2D eigenvalue weighted by atomic mass is 10.0. The van der Waals surface area contributed by atoms with E-state index in [1.54, 1.807) is 24.7 Å². The molecule has 4 rings (SSSR count). The topological polar surface area (TPSA) is 86.4 Å². The van der Waals surface area contributed by atoms with Gasteiger partial charge in [0.25, 0.3) is 0 Å². The highest BCUT2D eigenvalue weighted by molar-refractivity contribution is 7.96. The second-order valence-corrected chi connectivity index (χ2v) is 9.50. The number of aromatic nitrogens is 1. The van der Waals surface area contributed by atoms with E-state index < -0.39 is 29.6 Å². The van der Waals surface area contributed by atoms with Crippen LogP contribution in [0.1, 0.15) is 11.1 Å². The van der Waals surface area contributed by atoms with Crippen LogP contribution >= 0.6 is 23.5 Å². The first-order valence-electron chi connectivity index (χ1n) is 10.9. The van der Waals surface area contributed by atoms with Gasteiger partial charge in [0.05, 0.1) is 15.7 Å². The van der Waals surface area contributed by atoms with Gasteiger partial charge in [0.2, 0.25) is 5.91 Å². The van der Waals surface area contributed by atoms with E-state index >= 15 is 0 Å². The number of carbonyl (C=O) groups is 2. The van der Waals surface area contributed by atoms with Gasteiger partial charge in [0.1, 0.15) is 17.7 Å². The van der Waals surface area contributed by atoms with E-state index in [0.29, 0.717) is 12.2 Å². The number of thiazole rings is 1. The molecule has 0 aliphatic rings. The summed E-state index contributed by atoms with van der Waals surface area (Å²) in [5, 5.41) is 2.63. The third kappa shape index (κ3) is 6.78. The molecule has 186 valence electrons. The molecular weight excluding hydrogens is 504 g/mol. The largest absolute Gasteiger partial charge is 0.326 e. The van der Waals surface area contributed by atoms with E-state index in [0.717, 1.165) is 46.1 Å². The van der Waals surface area contributed by atoms with Crippen molar-refractivity contribution < 1.29 is 18.4 Å². The van der Waals surface area contributed by atoms with Crippen molar-refractivity contribution >= 4 is 51.3 Å². The van der Waals surface area contributed by atoms with Crippen LogP contribution in [0.4, 0.5) is 19.3 Å². The Balaban J connectivity index is 1.44. The summed E-state index contributed by atoms with van der Waals surface area (Å²) < 4.78 is 34.1. The van der Waals surface area contributed by atoms with Gasteiger partial charge in [-0.15, -0.1) is 11.3 Å². The quantitative estimate of drug-likeness (QED) is 0.215. The Bertz CT molecular complexity index is 1330. The fourth-order valence-electron chi connectivity index (χ4n) is 3.57. The average molecular weight is 528 g/mol. The van der Waals surface area contributed by atoms with Gasteiger partial charge in [-0.25, -0.2) is 23.3 Å². The number of fused-ring (bicyclic) bond motifs is 1. The maximum atomic E-state index is 13.8. The molecule has 11 heteroatoms. The molecule has 1 atom stereocenters. The molecule has 3 N–H and O–H groups in total. The number of rotatable bonds is 9. The number of anilines is 1. The standard InChI is InChI=1S/C25H23F2N5O2S2/c1-32(20-7-8-23-21(13-20)28-15-35-23)24(33)22(11-17-9-18(26)12-19(27)10-17)30-25(34)31-36-29-14-16-5-3-2-4-6-16/h2-10,12-13,15,22,29H,11,14H2,1H3,(H2,30,31,34). The minimum absolute atomic E-state index is 0.105. The lowest BCUT2D eigenvalue weighted by Gasteiger charge is -2.25. The Morgan fingerprint density at radius 2 is 1.78 bits per heavy atom. The van der Waals surface area contributed by atoms with Crippen molar-refractivity contribution in [3.63, 3.8) is 0 Å². The molecule has 1 heterocycles. The van der Waals surface area contributed by atoms with Crippen LogP contribution in [0.5, 0.6) is 0 Å². The van der Waals surface area contributed by atoms with Gasteiger partial charge in [0, 0.05) is 43.9 Å². The molecule has 4 aromatic rings. The summed E-state index contributed by atoms with van der Waals surface area (Å²) in [5.41, 5.74) is 4.31. The second kappa shape index (κ2) is 11.9. The fraction of sp³-hybridized carbons (Fsp3) is 0.160. The number of hydrogen-bond acceptors (Lipinski definition) is 6. The Morgan fingerprint density at radius 3 is 2.53 bits per heavy atom. The Labute approximate surface area is 215 Å². The first-order valence-corrected chi connectivity index (χ1v) is 12.6. The first kappa shape index (κ1) is 25.5. The molecule has 0 spiro atoms. The van der Waals surface area contributed by atoms with E-state index in [4.69, 9.17) is 0 Å². The van der Waals surface area contributed by atoms with Crippen LogP contribution in [0.15, 0.2) is 72.2 Å². The first-order chi connectivity index (χ1) is 17.4. The molecule has 1 unspecified atom stereocenters. The molecule has 0 saturated heterocycles. The van der Waals surface area contributed by atoms with Crippen LogP contribution in [-0.4, -0.2) is 30.0 Å². The van der Waals surface area contributed by atoms with Crippen LogP contribution in [0.25, 0.3) is 10.2 Å². The summed E-state index contributed by atoms with van der Waals surface area (Å²) in [5.74, 6) is -1.97. The molecule has 7 nitrogen and oxygen atoms in total. The number of likely N-dealkylation sites (N-methyl/N-ethyl adjacent to an activating group) is 1. The van der Waals surface area contributed by atoms with Crippen molar-refractivity contribution in [3.8, 4) is 0 Å². The summed E-state index contributed by atoms with van der Waals surface area (Å²) in [6.45, 7) is 0.512. The summed E-state index contributed by atoms with van der Waals surface area (Å²) >= 11 is 2.45. The maximum absolute atomic E-state index is 13.8. The average Bonchev–Trinajstić information content (AvgIpc) is 3.33. The molecule has 0 fully saturated rings. The number of carbonyl (C=O) groups excluding carboxylic acids is 2. The summed E-state index contributed by atoms with van der Waals surface area (Å²) in [6.07, 6.45) is -0.105. The minimum Gasteiger partial charge on any atom is -0.325 e. The van der Waals surface area contributed by atoms with Gasteiger partial charge in [-0.05, 0) is 41.5 Å². The minimum atomic E-state index is -1.09. The molecule has 0 aliphatic carbocycles. The van der Waals surface area contributed by atoms with Gasteiger partial charge in [0.15, 0.2) is 0 Å². The fourth-order valence-corrected chi connectivity index (χ4v) is 4.69. The zero-order valence-electron chi connectivity index (χ0n) is 19.2. The van der Waals surface area contributed by atoms with Crippen molar-refractivity contribution in [2.45, 2.75) is 19.0 Å². The zero-order chi connectivity index (χ0) is 25.5. The summed E-state index contributed by atoms with van der Waals surface area (Å²) in [6, 6.07) is 16.4. The van der Waals surface area contributed by atoms with Crippen molar-refractivity contribution in [2.75, 3.05) is 11.9 Å². The van der Waals surface area contributed by atoms with Crippen molar-refractivity contribution in [1.82, 2.24) is 19.7 Å². The smallest absolute Gasteiger partial charge is 0.325 e. The van der Waals surface area contributed by atoms with Gasteiger partial charge in [-0.2, -0.15) is 0 Å². The third-order valence-electron chi connectivity index (χ3n) is 5.33. The number of benzene rings is 3. The Hall–Kier alpha value is -3.54. The highest BCUT2D eigenvalue weighted by Gasteiger charge is 2.26. The molecule has 3 amide bonds. The molecule has 0 bridgehead atoms. The SMILES string of the molecule is CN(C(=O)C(Cc1cc(F)cc(F)c1)NC(=O)NSNCc1ccccc1)c1ccc2scnc2c1. The molecule has 0 radical (unpaired) electrons. The lowest BCUT2D eigenvalue weighted by Crippen LogP contribution is -2.51. The molecule has 3 aromatic carbocycles. The number of nitrogens with zero attached hydrogens (tertiary/aromatic N) is 2. The van der Waals surface area contributed by atoms with Crippen molar-refractivity contribution in [3.05, 3.63) is 95.0 Å². The predicted octanol–water partition coefficient (Wildman–Crippen LogP) is 4.80. The van der Waals surface area contributed by atoms with E-state index in [9.17, 15) is 18.4 Å². The number of amides is 3. The molecular formula is C25H23F2N5O2S2. The Morgan fingerprint density at radius 1 is 1.03 bits per heavy atom. The van der Waals surface area contributed by atoms with Crippen LogP contribution in [0, 0.1) is 11.6 Å². The molecule has 36 heavy (non-hydrogen) atoms. The normalized spacial score (nSPS) is 11.8. The van der Waals surface area contributed by atoms with E-state index in [-0.39, 0.29) is 12.0 Å². The van der Waals surface area contributed by atoms with Gasteiger partial charge < -0.3 is 10.2 Å². The number of urea groups is 1. The van der Waals surface area contributed by atoms with Crippen molar-refractivity contribution in [2.24, 2.45) is 0 Å². The number of nitrogens with one attached hydrogen (secondary N) is 3. The molecule has 0 aliphatic heterocycles. The molecule has 0 saturated carbocycles. The van der Waals surface area contributed by atoms with Crippen LogP contribution in [0.2, 0.25) is 0 Å². The highest BCUT2D eigenvalue weighted by atomic mass is 32.2. The summed E-state index contributed by atoms with van der Waals surface area (Å²) in [4.78, 5) is 31.6. The third-order valence-corrected chi connectivity index (χ3v) is 6.72. The van der Waals surface area contributed by atoms with Gasteiger partial charge in [-0.1, -0.05) is 30.3 Å². The van der Waals surface area contributed by atoms with Crippen LogP contribution < -0.4 is 19.7 Å². The monoisotopic (exact) mass is 527 g/mol. The molecule has 1 aromatic heterocycles. The Kier molecular flexibility index (Phi) is 8.47. The second-order valence-electron chi connectivity index (χ2n) is 7.92. The van der Waals surface area contributed by atoms with E-state index in [1.807, 2.05) is 36.4 Å². The van der Waals surface area contributed by atoms with Crippen LogP contribution in [0.3, 0.4) is 0 Å². The number of hydrogen-bond donors (Lipinski definition) is 3. The summed E-state index contributed by atoms with van der Waals surface area (Å²) in [7, 11) is 1.57. The maximum Gasteiger partial charge on any atom is 0.326 e.